The number of aryl methyl sites for hydroxylation is 1. The molecule has 0 unspecified atom stereocenters. The first-order chi connectivity index (χ1) is 15.9. The Morgan fingerprint density at radius 2 is 2.00 bits per heavy atom. The number of nitrogen functional groups attached to an aromatic ring is 1. The van der Waals surface area contributed by atoms with Gasteiger partial charge in [0.15, 0.2) is 5.82 Å². The molecule has 0 atom stereocenters. The molecule has 0 aliphatic heterocycles. The minimum Gasteiger partial charge on any atom is -0.382 e. The van der Waals surface area contributed by atoms with Crippen LogP contribution in [0, 0.1) is 12.7 Å². The van der Waals surface area contributed by atoms with Gasteiger partial charge in [0.25, 0.3) is 5.91 Å². The molecule has 1 aromatic carbocycles. The lowest BCUT2D eigenvalue weighted by molar-refractivity contribution is 0.0956. The summed E-state index contributed by atoms with van der Waals surface area (Å²) in [6.45, 7) is 3.99. The van der Waals surface area contributed by atoms with Crippen LogP contribution >= 0.6 is 0 Å². The number of aromatic nitrogens is 4. The van der Waals surface area contributed by atoms with Gasteiger partial charge in [-0.3, -0.25) is 10.1 Å². The van der Waals surface area contributed by atoms with E-state index in [1.165, 1.54) is 29.2 Å². The molecule has 3 amide bonds. The molecule has 0 saturated heterocycles. The molecule has 168 valence electrons. The number of amides is 3. The summed E-state index contributed by atoms with van der Waals surface area (Å²) in [6, 6.07) is 8.71. The molecule has 4 aromatic rings. The van der Waals surface area contributed by atoms with E-state index < -0.39 is 11.8 Å². The van der Waals surface area contributed by atoms with E-state index in [2.05, 4.69) is 31.0 Å². The fourth-order valence-electron chi connectivity index (χ4n) is 3.41. The second kappa shape index (κ2) is 8.91. The zero-order valence-corrected chi connectivity index (χ0v) is 17.9. The lowest BCUT2D eigenvalue weighted by atomic mass is 10.0. The van der Waals surface area contributed by atoms with Crippen molar-refractivity contribution in [1.29, 1.82) is 0 Å². The normalized spacial score (nSPS) is 10.8. The van der Waals surface area contributed by atoms with Crippen LogP contribution in [0.2, 0.25) is 0 Å². The van der Waals surface area contributed by atoms with E-state index in [0.29, 0.717) is 29.0 Å². The molecule has 3 aromatic heterocycles. The predicted molar refractivity (Wildman–Crippen MR) is 122 cm³/mol. The van der Waals surface area contributed by atoms with Crippen LogP contribution in [0.4, 0.5) is 26.5 Å². The van der Waals surface area contributed by atoms with E-state index in [-0.39, 0.29) is 23.0 Å². The third-order valence-electron chi connectivity index (χ3n) is 4.82. The van der Waals surface area contributed by atoms with E-state index >= 15 is 0 Å². The quantitative estimate of drug-likeness (QED) is 0.370. The third kappa shape index (κ3) is 4.42. The SMILES string of the molecule is CCNC(=O)c1cn2ncnc(N)c2c1-c1ccc(NC(=O)Nc2cccc(C)n2)c(F)c1. The Kier molecular flexibility index (Phi) is 5.85. The number of anilines is 3. The third-order valence-corrected chi connectivity index (χ3v) is 4.82. The van der Waals surface area contributed by atoms with Crippen LogP contribution in [-0.2, 0) is 0 Å². The lowest BCUT2D eigenvalue weighted by Crippen LogP contribution is -2.22. The Morgan fingerprint density at radius 3 is 2.73 bits per heavy atom. The van der Waals surface area contributed by atoms with Gasteiger partial charge in [-0.25, -0.2) is 23.7 Å². The Bertz CT molecular complexity index is 1370. The largest absolute Gasteiger partial charge is 0.382 e. The highest BCUT2D eigenvalue weighted by Crippen LogP contribution is 2.34. The number of nitrogens with one attached hydrogen (secondary N) is 3. The minimum atomic E-state index is -0.698. The fraction of sp³-hybridized carbons (Fsp3) is 0.136. The van der Waals surface area contributed by atoms with Gasteiger partial charge >= 0.3 is 6.03 Å². The smallest absolute Gasteiger partial charge is 0.324 e. The zero-order valence-electron chi connectivity index (χ0n) is 17.9. The molecule has 10 nitrogen and oxygen atoms in total. The number of urea groups is 1. The molecule has 3 heterocycles. The number of carbonyl (C=O) groups is 2. The predicted octanol–water partition coefficient (Wildman–Crippen LogP) is 3.21. The summed E-state index contributed by atoms with van der Waals surface area (Å²) < 4.78 is 16.4. The van der Waals surface area contributed by atoms with Gasteiger partial charge in [-0.15, -0.1) is 0 Å². The first-order valence-corrected chi connectivity index (χ1v) is 10.1. The Balaban J connectivity index is 1.67. The van der Waals surface area contributed by atoms with Crippen molar-refractivity contribution in [2.75, 3.05) is 22.9 Å². The first-order valence-electron chi connectivity index (χ1n) is 10.1. The van der Waals surface area contributed by atoms with Gasteiger partial charge in [0.2, 0.25) is 0 Å². The summed E-state index contributed by atoms with van der Waals surface area (Å²) in [6.07, 6.45) is 2.78. The highest BCUT2D eigenvalue weighted by Gasteiger charge is 2.22. The summed E-state index contributed by atoms with van der Waals surface area (Å²) in [4.78, 5) is 33.1. The molecular formula is C22H21FN8O2. The monoisotopic (exact) mass is 448 g/mol. The summed E-state index contributed by atoms with van der Waals surface area (Å²) in [7, 11) is 0. The summed E-state index contributed by atoms with van der Waals surface area (Å²) in [5.41, 5.74) is 8.13. The van der Waals surface area contributed by atoms with Gasteiger partial charge in [0.1, 0.15) is 23.5 Å². The van der Waals surface area contributed by atoms with Crippen molar-refractivity contribution in [2.24, 2.45) is 0 Å². The molecule has 0 radical (unpaired) electrons. The number of halogens is 1. The number of hydrogen-bond donors (Lipinski definition) is 4. The van der Waals surface area contributed by atoms with E-state index in [9.17, 15) is 14.0 Å². The molecule has 5 N–H and O–H groups in total. The number of fused-ring (bicyclic) bond motifs is 1. The Morgan fingerprint density at radius 1 is 1.18 bits per heavy atom. The molecule has 33 heavy (non-hydrogen) atoms. The number of rotatable bonds is 5. The van der Waals surface area contributed by atoms with Crippen molar-refractivity contribution in [3.63, 3.8) is 0 Å². The van der Waals surface area contributed by atoms with E-state index in [4.69, 9.17) is 5.73 Å². The maximum absolute atomic E-state index is 15.0. The van der Waals surface area contributed by atoms with Gasteiger partial charge in [0.05, 0.1) is 11.3 Å². The van der Waals surface area contributed by atoms with Gasteiger partial charge in [-0.05, 0) is 43.7 Å². The molecule has 0 aliphatic carbocycles. The van der Waals surface area contributed by atoms with Crippen LogP contribution in [0.1, 0.15) is 23.0 Å². The van der Waals surface area contributed by atoms with Crippen LogP contribution in [0.15, 0.2) is 48.9 Å². The Hall–Kier alpha value is -4.54. The topological polar surface area (TPSA) is 139 Å². The standard InChI is InChI=1S/C22H21FN8O2/c1-3-25-21(32)14-10-31-19(20(24)26-11-27-31)18(14)13-7-8-16(15(23)9-13)29-22(33)30-17-6-4-5-12(2)28-17/h4-11H,3H2,1-2H3,(H,25,32)(H2,24,26,27)(H2,28,29,30,33). The second-order valence-electron chi connectivity index (χ2n) is 7.15. The number of nitrogens with two attached hydrogens (primary N) is 1. The first kappa shape index (κ1) is 21.7. The number of hydrogen-bond acceptors (Lipinski definition) is 6. The fourth-order valence-corrected chi connectivity index (χ4v) is 3.41. The van der Waals surface area contributed by atoms with Crippen molar-refractivity contribution < 1.29 is 14.0 Å². The van der Waals surface area contributed by atoms with Crippen molar-refractivity contribution in [1.82, 2.24) is 24.9 Å². The number of pyridine rings is 1. The van der Waals surface area contributed by atoms with Crippen LogP contribution in [0.25, 0.3) is 16.6 Å². The van der Waals surface area contributed by atoms with Crippen molar-refractivity contribution in [3.05, 3.63) is 66.0 Å². The number of nitrogens with zero attached hydrogens (tertiary/aromatic N) is 4. The average molecular weight is 448 g/mol. The minimum absolute atomic E-state index is 0.0452. The zero-order chi connectivity index (χ0) is 23.5. The molecule has 0 aliphatic rings. The highest BCUT2D eigenvalue weighted by molar-refractivity contribution is 6.07. The van der Waals surface area contributed by atoms with Gasteiger partial charge < -0.3 is 16.4 Å². The van der Waals surface area contributed by atoms with E-state index in [1.807, 2.05) is 0 Å². The lowest BCUT2D eigenvalue weighted by Gasteiger charge is -2.11. The molecule has 4 rings (SSSR count). The number of benzene rings is 1. The van der Waals surface area contributed by atoms with Crippen molar-refractivity contribution in [3.8, 4) is 11.1 Å². The average Bonchev–Trinajstić information content (AvgIpc) is 3.16. The van der Waals surface area contributed by atoms with Crippen LogP contribution in [0.3, 0.4) is 0 Å². The maximum atomic E-state index is 15.0. The highest BCUT2D eigenvalue weighted by atomic mass is 19.1. The molecule has 0 bridgehead atoms. The van der Waals surface area contributed by atoms with E-state index in [1.54, 1.807) is 38.1 Å². The van der Waals surface area contributed by atoms with E-state index in [0.717, 1.165) is 5.69 Å². The molecule has 0 spiro atoms. The van der Waals surface area contributed by atoms with Gasteiger partial charge in [-0.1, -0.05) is 12.1 Å². The van der Waals surface area contributed by atoms with Gasteiger partial charge in [0, 0.05) is 24.0 Å². The number of carbonyl (C=O) groups excluding carboxylic acids is 2. The van der Waals surface area contributed by atoms with Crippen LogP contribution in [0.5, 0.6) is 0 Å². The summed E-state index contributed by atoms with van der Waals surface area (Å²) in [5.74, 6) is -0.573. The summed E-state index contributed by atoms with van der Waals surface area (Å²) in [5, 5.41) is 11.8. The summed E-state index contributed by atoms with van der Waals surface area (Å²) >= 11 is 0. The van der Waals surface area contributed by atoms with Gasteiger partial charge in [-0.2, -0.15) is 5.10 Å². The second-order valence-corrected chi connectivity index (χ2v) is 7.15. The van der Waals surface area contributed by atoms with Crippen molar-refractivity contribution in [2.45, 2.75) is 13.8 Å². The van der Waals surface area contributed by atoms with Crippen molar-refractivity contribution >= 4 is 34.8 Å². The van der Waals surface area contributed by atoms with Crippen LogP contribution < -0.4 is 21.7 Å². The molecule has 0 fully saturated rings. The Labute approximate surface area is 188 Å². The molecule has 0 saturated carbocycles. The molecule has 11 heteroatoms. The molecular weight excluding hydrogens is 427 g/mol. The van der Waals surface area contributed by atoms with Crippen LogP contribution in [-0.4, -0.2) is 38.1 Å². The maximum Gasteiger partial charge on any atom is 0.324 e.